The van der Waals surface area contributed by atoms with Gasteiger partial charge >= 0.3 is 0 Å². The van der Waals surface area contributed by atoms with Crippen molar-refractivity contribution >= 4 is 0 Å². The van der Waals surface area contributed by atoms with E-state index in [9.17, 15) is 0 Å². The standard InChI is InChI=1S/C12H22N2/c1-10-4-5-11(8-10)14-7-6-12(2,3)9-13/h10-11,14H,4-8H2,1-3H3. The lowest BCUT2D eigenvalue weighted by Gasteiger charge is -2.18. The molecule has 0 bridgehead atoms. The van der Waals surface area contributed by atoms with Crippen LogP contribution in [-0.4, -0.2) is 12.6 Å². The number of nitrogens with zero attached hydrogens (tertiary/aromatic N) is 1. The Bertz CT molecular complexity index is 215. The van der Waals surface area contributed by atoms with E-state index in [2.05, 4.69) is 18.3 Å². The molecule has 2 nitrogen and oxygen atoms in total. The van der Waals surface area contributed by atoms with Crippen molar-refractivity contribution in [2.45, 2.75) is 52.5 Å². The largest absolute Gasteiger partial charge is 0.314 e. The molecule has 0 aliphatic heterocycles. The summed E-state index contributed by atoms with van der Waals surface area (Å²) in [7, 11) is 0. The molecule has 80 valence electrons. The molecular formula is C12H22N2. The molecule has 2 atom stereocenters. The summed E-state index contributed by atoms with van der Waals surface area (Å²) in [6.45, 7) is 7.32. The highest BCUT2D eigenvalue weighted by Gasteiger charge is 2.22. The van der Waals surface area contributed by atoms with Gasteiger partial charge in [-0.15, -0.1) is 0 Å². The molecule has 1 aliphatic rings. The van der Waals surface area contributed by atoms with Gasteiger partial charge in [0.15, 0.2) is 0 Å². The Balaban J connectivity index is 2.13. The van der Waals surface area contributed by atoms with Gasteiger partial charge in [0.25, 0.3) is 0 Å². The Morgan fingerprint density at radius 1 is 1.43 bits per heavy atom. The molecule has 0 aromatic carbocycles. The Kier molecular flexibility index (Phi) is 3.95. The fourth-order valence-corrected chi connectivity index (χ4v) is 2.04. The molecule has 0 heterocycles. The average molecular weight is 194 g/mol. The van der Waals surface area contributed by atoms with Crippen molar-refractivity contribution in [1.29, 1.82) is 5.26 Å². The second-order valence-corrected chi connectivity index (χ2v) is 5.31. The van der Waals surface area contributed by atoms with Crippen molar-refractivity contribution in [2.24, 2.45) is 11.3 Å². The van der Waals surface area contributed by atoms with Crippen LogP contribution in [0.15, 0.2) is 0 Å². The monoisotopic (exact) mass is 194 g/mol. The van der Waals surface area contributed by atoms with Crippen LogP contribution in [0.2, 0.25) is 0 Å². The zero-order valence-electron chi connectivity index (χ0n) is 9.64. The fraction of sp³-hybridized carbons (Fsp3) is 0.917. The van der Waals surface area contributed by atoms with Crippen molar-refractivity contribution in [2.75, 3.05) is 6.54 Å². The van der Waals surface area contributed by atoms with Gasteiger partial charge in [0, 0.05) is 6.04 Å². The van der Waals surface area contributed by atoms with Gasteiger partial charge in [0.2, 0.25) is 0 Å². The summed E-state index contributed by atoms with van der Waals surface area (Å²) in [5.74, 6) is 0.886. The van der Waals surface area contributed by atoms with Crippen molar-refractivity contribution in [3.05, 3.63) is 0 Å². The SMILES string of the molecule is CC1CCC(NCCC(C)(C)C#N)C1. The maximum Gasteiger partial charge on any atom is 0.0684 e. The lowest BCUT2D eigenvalue weighted by atomic mass is 9.91. The van der Waals surface area contributed by atoms with Crippen LogP contribution in [0.3, 0.4) is 0 Å². The first-order chi connectivity index (χ1) is 6.53. The van der Waals surface area contributed by atoms with Gasteiger partial charge in [-0.05, 0) is 52.0 Å². The molecular weight excluding hydrogens is 172 g/mol. The van der Waals surface area contributed by atoms with Crippen LogP contribution in [0, 0.1) is 22.7 Å². The third kappa shape index (κ3) is 3.67. The normalized spacial score (nSPS) is 27.6. The first kappa shape index (κ1) is 11.5. The van der Waals surface area contributed by atoms with Gasteiger partial charge in [-0.2, -0.15) is 5.26 Å². The second-order valence-electron chi connectivity index (χ2n) is 5.31. The van der Waals surface area contributed by atoms with E-state index in [4.69, 9.17) is 5.26 Å². The van der Waals surface area contributed by atoms with E-state index in [1.54, 1.807) is 0 Å². The summed E-state index contributed by atoms with van der Waals surface area (Å²) in [5, 5.41) is 12.4. The van der Waals surface area contributed by atoms with E-state index in [0.717, 1.165) is 18.9 Å². The first-order valence-electron chi connectivity index (χ1n) is 5.68. The second kappa shape index (κ2) is 4.79. The average Bonchev–Trinajstić information content (AvgIpc) is 2.51. The van der Waals surface area contributed by atoms with E-state index >= 15 is 0 Å². The Morgan fingerprint density at radius 3 is 2.64 bits per heavy atom. The highest BCUT2D eigenvalue weighted by molar-refractivity contribution is 4.92. The molecule has 0 aromatic heterocycles. The third-order valence-corrected chi connectivity index (χ3v) is 3.18. The van der Waals surface area contributed by atoms with E-state index in [1.807, 2.05) is 13.8 Å². The molecule has 0 amide bonds. The highest BCUT2D eigenvalue weighted by Crippen LogP contribution is 2.25. The van der Waals surface area contributed by atoms with Gasteiger partial charge in [-0.25, -0.2) is 0 Å². The molecule has 2 heteroatoms. The molecule has 0 spiro atoms. The number of nitrogens with one attached hydrogen (secondary N) is 1. The molecule has 0 aromatic rings. The maximum atomic E-state index is 8.85. The minimum absolute atomic E-state index is 0.169. The molecule has 1 rings (SSSR count). The smallest absolute Gasteiger partial charge is 0.0684 e. The molecule has 1 saturated carbocycles. The summed E-state index contributed by atoms with van der Waals surface area (Å²) in [6.07, 6.45) is 4.94. The van der Waals surface area contributed by atoms with Crippen LogP contribution in [0.5, 0.6) is 0 Å². The topological polar surface area (TPSA) is 35.8 Å². The van der Waals surface area contributed by atoms with Gasteiger partial charge in [0.05, 0.1) is 11.5 Å². The van der Waals surface area contributed by atoms with E-state index in [1.165, 1.54) is 19.3 Å². The van der Waals surface area contributed by atoms with Gasteiger partial charge in [-0.1, -0.05) is 6.92 Å². The van der Waals surface area contributed by atoms with E-state index in [-0.39, 0.29) is 5.41 Å². The molecule has 14 heavy (non-hydrogen) atoms. The van der Waals surface area contributed by atoms with Gasteiger partial charge in [0.1, 0.15) is 0 Å². The fourth-order valence-electron chi connectivity index (χ4n) is 2.04. The van der Waals surface area contributed by atoms with Crippen LogP contribution in [-0.2, 0) is 0 Å². The Labute approximate surface area is 87.7 Å². The summed E-state index contributed by atoms with van der Waals surface area (Å²) >= 11 is 0. The zero-order chi connectivity index (χ0) is 10.6. The third-order valence-electron chi connectivity index (χ3n) is 3.18. The summed E-state index contributed by atoms with van der Waals surface area (Å²) in [6, 6.07) is 3.04. The number of hydrogen-bond donors (Lipinski definition) is 1. The molecule has 2 unspecified atom stereocenters. The minimum Gasteiger partial charge on any atom is -0.314 e. The van der Waals surface area contributed by atoms with E-state index < -0.39 is 0 Å². The van der Waals surface area contributed by atoms with Crippen LogP contribution >= 0.6 is 0 Å². The Hall–Kier alpha value is -0.550. The molecule has 0 radical (unpaired) electrons. The molecule has 1 aliphatic carbocycles. The van der Waals surface area contributed by atoms with Crippen LogP contribution in [0.1, 0.15) is 46.5 Å². The predicted molar refractivity (Wildman–Crippen MR) is 58.8 cm³/mol. The van der Waals surface area contributed by atoms with Crippen molar-refractivity contribution in [3.8, 4) is 6.07 Å². The van der Waals surface area contributed by atoms with Gasteiger partial charge in [-0.3, -0.25) is 0 Å². The minimum atomic E-state index is -0.169. The molecule has 1 fully saturated rings. The lowest BCUT2D eigenvalue weighted by molar-refractivity contribution is 0.404. The quantitative estimate of drug-likeness (QED) is 0.747. The number of nitriles is 1. The van der Waals surface area contributed by atoms with Gasteiger partial charge < -0.3 is 5.32 Å². The van der Waals surface area contributed by atoms with Crippen LogP contribution in [0.4, 0.5) is 0 Å². The van der Waals surface area contributed by atoms with E-state index in [0.29, 0.717) is 6.04 Å². The van der Waals surface area contributed by atoms with Crippen LogP contribution in [0.25, 0.3) is 0 Å². The molecule has 1 N–H and O–H groups in total. The summed E-state index contributed by atoms with van der Waals surface area (Å²) in [4.78, 5) is 0. The van der Waals surface area contributed by atoms with Crippen molar-refractivity contribution in [3.63, 3.8) is 0 Å². The first-order valence-corrected chi connectivity index (χ1v) is 5.68. The highest BCUT2D eigenvalue weighted by atomic mass is 14.9. The predicted octanol–water partition coefficient (Wildman–Crippen LogP) is 2.70. The summed E-state index contributed by atoms with van der Waals surface area (Å²) in [5.41, 5.74) is -0.169. The zero-order valence-corrected chi connectivity index (χ0v) is 9.64. The Morgan fingerprint density at radius 2 is 2.14 bits per heavy atom. The van der Waals surface area contributed by atoms with Crippen LogP contribution < -0.4 is 5.32 Å². The number of rotatable bonds is 4. The van der Waals surface area contributed by atoms with Crippen molar-refractivity contribution < 1.29 is 0 Å². The van der Waals surface area contributed by atoms with Crippen molar-refractivity contribution in [1.82, 2.24) is 5.32 Å². The summed E-state index contributed by atoms with van der Waals surface area (Å²) < 4.78 is 0. The molecule has 0 saturated heterocycles. The maximum absolute atomic E-state index is 8.85. The number of hydrogen-bond acceptors (Lipinski definition) is 2. The lowest BCUT2D eigenvalue weighted by Crippen LogP contribution is -2.29.